The molecule has 3 rings (SSSR count). The molecule has 3 fully saturated rings. The largest absolute Gasteiger partial charge is 0.371 e. The van der Waals surface area contributed by atoms with Gasteiger partial charge in [-0.1, -0.05) is 6.42 Å². The number of carbonyl (C=O) groups is 2. The van der Waals surface area contributed by atoms with Gasteiger partial charge in [-0.05, 0) is 12.8 Å². The number of hydrogen-bond acceptors (Lipinski definition) is 3. The maximum absolute atomic E-state index is 11.8. The molecule has 0 aromatic carbocycles. The second-order valence-corrected chi connectivity index (χ2v) is 4.39. The van der Waals surface area contributed by atoms with Crippen LogP contribution < -0.4 is 0 Å². The van der Waals surface area contributed by atoms with E-state index in [0.717, 1.165) is 19.3 Å². The molecule has 0 radical (unpaired) electrons. The monoisotopic (exact) mass is 195 g/mol. The summed E-state index contributed by atoms with van der Waals surface area (Å²) in [6.45, 7) is 1.19. The van der Waals surface area contributed by atoms with Crippen molar-refractivity contribution in [2.75, 3.05) is 13.2 Å². The molecule has 0 aromatic heterocycles. The average Bonchev–Trinajstić information content (AvgIpc) is 2.80. The van der Waals surface area contributed by atoms with Crippen molar-refractivity contribution in [3.8, 4) is 0 Å². The minimum atomic E-state index is 0.00116. The van der Waals surface area contributed by atoms with Crippen molar-refractivity contribution in [1.82, 2.24) is 4.90 Å². The van der Waals surface area contributed by atoms with Gasteiger partial charge in [0.05, 0.1) is 31.1 Å². The van der Waals surface area contributed by atoms with Crippen LogP contribution in [0.1, 0.15) is 19.3 Å². The molecule has 3 unspecified atom stereocenters. The fourth-order valence-corrected chi connectivity index (χ4v) is 2.62. The number of hydrogen-bond donors (Lipinski definition) is 0. The lowest BCUT2D eigenvalue weighted by Gasteiger charge is -2.13. The minimum Gasteiger partial charge on any atom is -0.371 e. The molecule has 14 heavy (non-hydrogen) atoms. The number of epoxide rings is 1. The summed E-state index contributed by atoms with van der Waals surface area (Å²) in [5.74, 6) is 0.100. The van der Waals surface area contributed by atoms with Crippen LogP contribution in [0.5, 0.6) is 0 Å². The first-order valence-corrected chi connectivity index (χ1v) is 5.24. The molecule has 1 saturated carbocycles. The molecule has 2 heterocycles. The molecule has 1 aliphatic carbocycles. The number of imide groups is 1. The molecule has 0 aromatic rings. The van der Waals surface area contributed by atoms with Crippen molar-refractivity contribution in [2.24, 2.45) is 11.8 Å². The van der Waals surface area contributed by atoms with Crippen LogP contribution in [-0.4, -0.2) is 36.0 Å². The van der Waals surface area contributed by atoms with Gasteiger partial charge in [0, 0.05) is 0 Å². The van der Waals surface area contributed by atoms with E-state index in [1.54, 1.807) is 0 Å². The highest BCUT2D eigenvalue weighted by molar-refractivity contribution is 6.05. The van der Waals surface area contributed by atoms with E-state index in [9.17, 15) is 9.59 Å². The normalized spacial score (nSPS) is 40.6. The third kappa shape index (κ3) is 1.10. The highest BCUT2D eigenvalue weighted by atomic mass is 16.6. The van der Waals surface area contributed by atoms with Gasteiger partial charge in [-0.3, -0.25) is 14.5 Å². The van der Waals surface area contributed by atoms with E-state index in [-0.39, 0.29) is 29.8 Å². The molecule has 0 spiro atoms. The van der Waals surface area contributed by atoms with Gasteiger partial charge in [0.15, 0.2) is 0 Å². The molecule has 4 nitrogen and oxygen atoms in total. The smallest absolute Gasteiger partial charge is 0.233 e. The molecule has 3 aliphatic rings. The highest BCUT2D eigenvalue weighted by Crippen LogP contribution is 2.40. The SMILES string of the molecule is O=C1C2CCCC2C(=O)N1CC1CO1. The summed E-state index contributed by atoms with van der Waals surface area (Å²) in [4.78, 5) is 25.0. The lowest BCUT2D eigenvalue weighted by molar-refractivity contribution is -0.140. The van der Waals surface area contributed by atoms with Gasteiger partial charge in [0.2, 0.25) is 11.8 Å². The molecule has 0 bridgehead atoms. The van der Waals surface area contributed by atoms with E-state index in [1.165, 1.54) is 4.90 Å². The average molecular weight is 195 g/mol. The Morgan fingerprint density at radius 2 is 1.79 bits per heavy atom. The third-order valence-electron chi connectivity index (χ3n) is 3.47. The van der Waals surface area contributed by atoms with Gasteiger partial charge in [-0.2, -0.15) is 0 Å². The molecule has 76 valence electrons. The summed E-state index contributed by atoms with van der Waals surface area (Å²) in [5, 5.41) is 0. The van der Waals surface area contributed by atoms with Crippen molar-refractivity contribution in [2.45, 2.75) is 25.4 Å². The molecule has 0 N–H and O–H groups in total. The van der Waals surface area contributed by atoms with Crippen LogP contribution in [0.25, 0.3) is 0 Å². The van der Waals surface area contributed by atoms with Gasteiger partial charge >= 0.3 is 0 Å². The van der Waals surface area contributed by atoms with Crippen molar-refractivity contribution in [1.29, 1.82) is 0 Å². The van der Waals surface area contributed by atoms with Crippen molar-refractivity contribution in [3.63, 3.8) is 0 Å². The molecule has 2 aliphatic heterocycles. The van der Waals surface area contributed by atoms with Crippen molar-refractivity contribution in [3.05, 3.63) is 0 Å². The van der Waals surface area contributed by atoms with Gasteiger partial charge in [0.25, 0.3) is 0 Å². The van der Waals surface area contributed by atoms with E-state index in [0.29, 0.717) is 13.2 Å². The zero-order valence-electron chi connectivity index (χ0n) is 7.94. The van der Waals surface area contributed by atoms with Crippen molar-refractivity contribution < 1.29 is 14.3 Å². The van der Waals surface area contributed by atoms with E-state index in [2.05, 4.69) is 0 Å². The van der Waals surface area contributed by atoms with Crippen LogP contribution in [0.4, 0.5) is 0 Å². The van der Waals surface area contributed by atoms with E-state index in [1.807, 2.05) is 0 Å². The van der Waals surface area contributed by atoms with E-state index in [4.69, 9.17) is 4.74 Å². The first-order valence-electron chi connectivity index (χ1n) is 5.24. The quantitative estimate of drug-likeness (QED) is 0.466. The number of ether oxygens (including phenoxy) is 1. The fraction of sp³-hybridized carbons (Fsp3) is 0.800. The Morgan fingerprint density at radius 1 is 1.21 bits per heavy atom. The molecular weight excluding hydrogens is 182 g/mol. The van der Waals surface area contributed by atoms with Crippen LogP contribution in [0.3, 0.4) is 0 Å². The Labute approximate surface area is 82.2 Å². The predicted molar refractivity (Wildman–Crippen MR) is 47.3 cm³/mol. The molecule has 4 heteroatoms. The lowest BCUT2D eigenvalue weighted by atomic mass is 10.00. The second-order valence-electron chi connectivity index (χ2n) is 4.39. The van der Waals surface area contributed by atoms with E-state index < -0.39 is 0 Å². The molecule has 2 saturated heterocycles. The fourth-order valence-electron chi connectivity index (χ4n) is 2.62. The number of fused-ring (bicyclic) bond motifs is 1. The first kappa shape index (κ1) is 8.41. The van der Waals surface area contributed by atoms with Crippen LogP contribution in [0.15, 0.2) is 0 Å². The van der Waals surface area contributed by atoms with Gasteiger partial charge in [-0.15, -0.1) is 0 Å². The number of nitrogens with zero attached hydrogens (tertiary/aromatic N) is 1. The van der Waals surface area contributed by atoms with Gasteiger partial charge < -0.3 is 4.74 Å². The maximum Gasteiger partial charge on any atom is 0.233 e. The van der Waals surface area contributed by atoms with Gasteiger partial charge in [-0.25, -0.2) is 0 Å². The highest BCUT2D eigenvalue weighted by Gasteiger charge is 2.50. The van der Waals surface area contributed by atoms with Crippen LogP contribution >= 0.6 is 0 Å². The Morgan fingerprint density at radius 3 is 2.29 bits per heavy atom. The van der Waals surface area contributed by atoms with Crippen LogP contribution in [0.2, 0.25) is 0 Å². The standard InChI is InChI=1S/C10H13NO3/c12-9-7-2-1-3-8(7)10(13)11(9)4-6-5-14-6/h6-8H,1-5H2. The summed E-state index contributed by atoms with van der Waals surface area (Å²) in [6.07, 6.45) is 2.96. The zero-order valence-corrected chi connectivity index (χ0v) is 7.94. The summed E-state index contributed by atoms with van der Waals surface area (Å²) < 4.78 is 5.04. The zero-order chi connectivity index (χ0) is 9.71. The van der Waals surface area contributed by atoms with E-state index >= 15 is 0 Å². The summed E-state index contributed by atoms with van der Waals surface area (Å²) in [6, 6.07) is 0. The maximum atomic E-state index is 11.8. The molecular formula is C10H13NO3. The Hall–Kier alpha value is -0.900. The number of likely N-dealkylation sites (tertiary alicyclic amines) is 1. The Kier molecular flexibility index (Phi) is 1.68. The van der Waals surface area contributed by atoms with Crippen LogP contribution in [-0.2, 0) is 14.3 Å². The Bertz CT molecular complexity index is 276. The van der Waals surface area contributed by atoms with Gasteiger partial charge in [0.1, 0.15) is 0 Å². The molecule has 2 amide bonds. The number of rotatable bonds is 2. The number of amides is 2. The summed E-state index contributed by atoms with van der Waals surface area (Å²) in [7, 11) is 0. The number of carbonyl (C=O) groups excluding carboxylic acids is 2. The lowest BCUT2D eigenvalue weighted by Crippen LogP contribution is -2.35. The topological polar surface area (TPSA) is 49.9 Å². The Balaban J connectivity index is 1.78. The third-order valence-corrected chi connectivity index (χ3v) is 3.47. The predicted octanol–water partition coefficient (Wildman–Crippen LogP) is 0.170. The molecule has 3 atom stereocenters. The van der Waals surface area contributed by atoms with Crippen LogP contribution in [0, 0.1) is 11.8 Å². The second kappa shape index (κ2) is 2.79. The van der Waals surface area contributed by atoms with Crippen molar-refractivity contribution >= 4 is 11.8 Å². The first-order chi connectivity index (χ1) is 6.77. The summed E-state index contributed by atoms with van der Waals surface area (Å²) >= 11 is 0. The summed E-state index contributed by atoms with van der Waals surface area (Å²) in [5.41, 5.74) is 0. The minimum absolute atomic E-state index is 0.00116.